The average Bonchev–Trinajstić information content (AvgIpc) is 2.19. The molecular weight excluding hydrogens is 246 g/mol. The van der Waals surface area contributed by atoms with Crippen molar-refractivity contribution < 1.29 is 8.42 Å². The van der Waals surface area contributed by atoms with Crippen LogP contribution in [0.5, 0.6) is 0 Å². The molecule has 7 heteroatoms. The number of hydrogen-bond donors (Lipinski definition) is 3. The molecule has 5 N–H and O–H groups in total. The summed E-state index contributed by atoms with van der Waals surface area (Å²) in [6.07, 6.45) is 2.01. The van der Waals surface area contributed by atoms with Gasteiger partial charge in [-0.2, -0.15) is 11.8 Å². The Hall–Kier alpha value is -0.920. The molecule has 0 bridgehead atoms. The lowest BCUT2D eigenvalue weighted by molar-refractivity contribution is 0.598. The second kappa shape index (κ2) is 5.42. The molecule has 0 aliphatic heterocycles. The van der Waals surface area contributed by atoms with Gasteiger partial charge in [0.2, 0.25) is 10.0 Å². The number of thioether (sulfide) groups is 1. The first kappa shape index (κ1) is 13.1. The summed E-state index contributed by atoms with van der Waals surface area (Å²) in [7, 11) is -3.68. The Kier molecular flexibility index (Phi) is 4.45. The highest BCUT2D eigenvalue weighted by Crippen LogP contribution is 2.21. The van der Waals surface area contributed by atoms with Crippen LogP contribution in [0, 0.1) is 0 Å². The zero-order chi connectivity index (χ0) is 12.2. The Bertz CT molecular complexity index is 460. The summed E-state index contributed by atoms with van der Waals surface area (Å²) in [6.45, 7) is 0.778. The Morgan fingerprint density at radius 1 is 1.44 bits per heavy atom. The van der Waals surface area contributed by atoms with E-state index < -0.39 is 10.0 Å². The molecule has 0 radical (unpaired) electrons. The van der Waals surface area contributed by atoms with Gasteiger partial charge >= 0.3 is 0 Å². The van der Waals surface area contributed by atoms with Crippen LogP contribution in [0.4, 0.5) is 11.4 Å². The van der Waals surface area contributed by atoms with Crippen molar-refractivity contribution in [1.82, 2.24) is 0 Å². The van der Waals surface area contributed by atoms with Crippen LogP contribution in [-0.4, -0.2) is 27.0 Å². The summed E-state index contributed by atoms with van der Waals surface area (Å²) in [5, 5.41) is 8.10. The van der Waals surface area contributed by atoms with Crippen LogP contribution < -0.4 is 16.2 Å². The standard InChI is InChI=1S/C9H15N3O2S2/c1-15-5-4-12-9-3-2-7(6-8(9)10)16(11,13)14/h2-3,6,12H,4-5,10H2,1H3,(H2,11,13,14). The second-order valence-electron chi connectivity index (χ2n) is 3.21. The van der Waals surface area contributed by atoms with Crippen LogP contribution in [0.3, 0.4) is 0 Å². The highest BCUT2D eigenvalue weighted by Gasteiger charge is 2.09. The molecular formula is C9H15N3O2S2. The van der Waals surface area contributed by atoms with Crippen molar-refractivity contribution in [3.63, 3.8) is 0 Å². The van der Waals surface area contributed by atoms with Crippen molar-refractivity contribution in [3.8, 4) is 0 Å². The van der Waals surface area contributed by atoms with Gasteiger partial charge in [0.1, 0.15) is 0 Å². The van der Waals surface area contributed by atoms with Crippen LogP contribution in [0.15, 0.2) is 23.1 Å². The molecule has 0 atom stereocenters. The van der Waals surface area contributed by atoms with Crippen LogP contribution in [0.2, 0.25) is 0 Å². The third-order valence-corrected chi connectivity index (χ3v) is 3.50. The molecule has 0 aliphatic rings. The summed E-state index contributed by atoms with van der Waals surface area (Å²) in [5.41, 5.74) is 6.82. The van der Waals surface area contributed by atoms with E-state index in [4.69, 9.17) is 10.9 Å². The number of rotatable bonds is 5. The van der Waals surface area contributed by atoms with Crippen molar-refractivity contribution in [3.05, 3.63) is 18.2 Å². The maximum absolute atomic E-state index is 11.1. The normalized spacial score (nSPS) is 11.4. The van der Waals surface area contributed by atoms with E-state index in [1.807, 2.05) is 6.26 Å². The summed E-state index contributed by atoms with van der Waals surface area (Å²) >= 11 is 1.71. The highest BCUT2D eigenvalue weighted by atomic mass is 32.2. The van der Waals surface area contributed by atoms with E-state index in [-0.39, 0.29) is 4.90 Å². The number of nitrogens with one attached hydrogen (secondary N) is 1. The molecule has 0 saturated carbocycles. The van der Waals surface area contributed by atoms with Gasteiger partial charge in [-0.05, 0) is 24.5 Å². The molecule has 0 aromatic heterocycles. The van der Waals surface area contributed by atoms with Crippen LogP contribution in [-0.2, 0) is 10.0 Å². The van der Waals surface area contributed by atoms with Gasteiger partial charge in [0.25, 0.3) is 0 Å². The van der Waals surface area contributed by atoms with Crippen LogP contribution >= 0.6 is 11.8 Å². The third-order valence-electron chi connectivity index (χ3n) is 1.97. The molecule has 0 aliphatic carbocycles. The Balaban J connectivity index is 2.84. The number of nitrogen functional groups attached to an aromatic ring is 1. The van der Waals surface area contributed by atoms with Crippen LogP contribution in [0.25, 0.3) is 0 Å². The average molecular weight is 261 g/mol. The molecule has 0 unspecified atom stereocenters. The number of nitrogens with two attached hydrogens (primary N) is 2. The third kappa shape index (κ3) is 3.58. The minimum Gasteiger partial charge on any atom is -0.397 e. The zero-order valence-electron chi connectivity index (χ0n) is 8.93. The van der Waals surface area contributed by atoms with E-state index in [0.717, 1.165) is 18.0 Å². The SMILES string of the molecule is CSCCNc1ccc(S(N)(=O)=O)cc1N. The molecule has 1 aromatic rings. The predicted molar refractivity (Wildman–Crippen MR) is 69.1 cm³/mol. The number of primary sulfonamides is 1. The minimum atomic E-state index is -3.68. The summed E-state index contributed by atoms with van der Waals surface area (Å²) in [6, 6.07) is 4.42. The molecule has 16 heavy (non-hydrogen) atoms. The predicted octanol–water partition coefficient (Wildman–Crippen LogP) is 0.691. The highest BCUT2D eigenvalue weighted by molar-refractivity contribution is 7.98. The maximum atomic E-state index is 11.1. The molecule has 1 rings (SSSR count). The molecule has 0 heterocycles. The lowest BCUT2D eigenvalue weighted by Gasteiger charge is -2.09. The van der Waals surface area contributed by atoms with Crippen molar-refractivity contribution >= 4 is 33.2 Å². The zero-order valence-corrected chi connectivity index (χ0v) is 10.6. The van der Waals surface area contributed by atoms with E-state index in [1.165, 1.54) is 12.1 Å². The molecule has 0 spiro atoms. The summed E-state index contributed by atoms with van der Waals surface area (Å²) in [4.78, 5) is 0.0282. The Morgan fingerprint density at radius 2 is 2.12 bits per heavy atom. The van der Waals surface area contributed by atoms with Gasteiger partial charge in [-0.1, -0.05) is 0 Å². The number of benzene rings is 1. The van der Waals surface area contributed by atoms with Gasteiger partial charge in [0, 0.05) is 12.3 Å². The van der Waals surface area contributed by atoms with E-state index in [9.17, 15) is 8.42 Å². The lowest BCUT2D eigenvalue weighted by atomic mass is 10.2. The fraction of sp³-hybridized carbons (Fsp3) is 0.333. The molecule has 0 saturated heterocycles. The van der Waals surface area contributed by atoms with Gasteiger partial charge in [-0.15, -0.1) is 0 Å². The van der Waals surface area contributed by atoms with Crippen molar-refractivity contribution in [2.75, 3.05) is 29.6 Å². The Labute approximate surface area is 99.6 Å². The van der Waals surface area contributed by atoms with E-state index in [2.05, 4.69) is 5.32 Å². The molecule has 0 fully saturated rings. The topological polar surface area (TPSA) is 98.2 Å². The molecule has 90 valence electrons. The van der Waals surface area contributed by atoms with Crippen molar-refractivity contribution in [2.45, 2.75) is 4.90 Å². The van der Waals surface area contributed by atoms with Gasteiger partial charge < -0.3 is 11.1 Å². The van der Waals surface area contributed by atoms with Gasteiger partial charge in [0.05, 0.1) is 16.3 Å². The maximum Gasteiger partial charge on any atom is 0.238 e. The summed E-state index contributed by atoms with van der Waals surface area (Å²) < 4.78 is 22.1. The fourth-order valence-corrected chi connectivity index (χ4v) is 2.02. The van der Waals surface area contributed by atoms with Crippen molar-refractivity contribution in [2.24, 2.45) is 5.14 Å². The van der Waals surface area contributed by atoms with Crippen molar-refractivity contribution in [1.29, 1.82) is 0 Å². The van der Waals surface area contributed by atoms with Gasteiger partial charge in [-0.3, -0.25) is 0 Å². The first-order valence-electron chi connectivity index (χ1n) is 4.60. The smallest absolute Gasteiger partial charge is 0.238 e. The van der Waals surface area contributed by atoms with Gasteiger partial charge in [0.15, 0.2) is 0 Å². The fourth-order valence-electron chi connectivity index (χ4n) is 1.17. The molecule has 1 aromatic carbocycles. The second-order valence-corrected chi connectivity index (χ2v) is 5.76. The first-order valence-corrected chi connectivity index (χ1v) is 7.54. The monoisotopic (exact) mass is 261 g/mol. The lowest BCUT2D eigenvalue weighted by Crippen LogP contribution is -2.13. The first-order chi connectivity index (χ1) is 7.45. The van der Waals surface area contributed by atoms with E-state index >= 15 is 0 Å². The number of anilines is 2. The quantitative estimate of drug-likeness (QED) is 0.535. The van der Waals surface area contributed by atoms with E-state index in [1.54, 1.807) is 17.8 Å². The minimum absolute atomic E-state index is 0.0282. The number of sulfonamides is 1. The van der Waals surface area contributed by atoms with Gasteiger partial charge in [-0.25, -0.2) is 13.6 Å². The molecule has 0 amide bonds. The largest absolute Gasteiger partial charge is 0.397 e. The summed E-state index contributed by atoms with van der Waals surface area (Å²) in [5.74, 6) is 0.955. The molecule has 5 nitrogen and oxygen atoms in total. The number of hydrogen-bond acceptors (Lipinski definition) is 5. The van der Waals surface area contributed by atoms with Crippen LogP contribution in [0.1, 0.15) is 0 Å². The Morgan fingerprint density at radius 3 is 2.62 bits per heavy atom. The van der Waals surface area contributed by atoms with E-state index in [0.29, 0.717) is 5.69 Å².